The Morgan fingerprint density at radius 1 is 0.821 bits per heavy atom. The number of ether oxygens (including phenoxy) is 3. The fourth-order valence-electron chi connectivity index (χ4n) is 2.20. The highest BCUT2D eigenvalue weighted by molar-refractivity contribution is 5.76. The van der Waals surface area contributed by atoms with Crippen molar-refractivity contribution in [2.45, 2.75) is 52.4 Å². The fourth-order valence-corrected chi connectivity index (χ4v) is 2.20. The minimum Gasteiger partial charge on any atom is -0.381 e. The van der Waals surface area contributed by atoms with E-state index in [-0.39, 0.29) is 17.7 Å². The molecule has 8 heteroatoms. The molecule has 0 aliphatic rings. The van der Waals surface area contributed by atoms with E-state index < -0.39 is 0 Å². The van der Waals surface area contributed by atoms with Crippen molar-refractivity contribution >= 4 is 18.1 Å². The Morgan fingerprint density at radius 2 is 1.36 bits per heavy atom. The first-order valence-corrected chi connectivity index (χ1v) is 10.3. The maximum absolute atomic E-state index is 11.6. The third-order valence-corrected chi connectivity index (χ3v) is 3.81. The van der Waals surface area contributed by atoms with Gasteiger partial charge in [0.2, 0.25) is 11.8 Å². The van der Waals surface area contributed by atoms with Crippen LogP contribution in [0, 0.1) is 5.92 Å². The van der Waals surface area contributed by atoms with Gasteiger partial charge in [0.15, 0.2) is 0 Å². The summed E-state index contributed by atoms with van der Waals surface area (Å²) in [6, 6.07) is 0. The second-order valence-corrected chi connectivity index (χ2v) is 6.60. The number of nitrogens with one attached hydrogen (secondary N) is 2. The monoisotopic (exact) mass is 402 g/mol. The van der Waals surface area contributed by atoms with Crippen molar-refractivity contribution in [2.24, 2.45) is 5.92 Å². The summed E-state index contributed by atoms with van der Waals surface area (Å²) in [5.74, 6) is -0.0546. The van der Waals surface area contributed by atoms with E-state index >= 15 is 0 Å². The predicted octanol–water partition coefficient (Wildman–Crippen LogP) is 1.46. The van der Waals surface area contributed by atoms with Crippen LogP contribution in [0.1, 0.15) is 52.4 Å². The molecule has 0 saturated carbocycles. The summed E-state index contributed by atoms with van der Waals surface area (Å²) >= 11 is 0. The summed E-state index contributed by atoms with van der Waals surface area (Å²) in [5.41, 5.74) is 0. The molecule has 164 valence electrons. The maximum atomic E-state index is 11.6. The van der Waals surface area contributed by atoms with Crippen LogP contribution in [-0.4, -0.2) is 70.8 Å². The lowest BCUT2D eigenvalue weighted by molar-refractivity contribution is -0.122. The van der Waals surface area contributed by atoms with Crippen LogP contribution in [0.25, 0.3) is 0 Å². The van der Waals surface area contributed by atoms with E-state index in [2.05, 4.69) is 17.6 Å². The Labute approximate surface area is 169 Å². The summed E-state index contributed by atoms with van der Waals surface area (Å²) in [6.45, 7) is 7.66. The molecule has 2 amide bonds. The van der Waals surface area contributed by atoms with E-state index in [1.165, 1.54) is 0 Å². The first-order chi connectivity index (χ1) is 13.6. The van der Waals surface area contributed by atoms with Crippen molar-refractivity contribution in [3.05, 3.63) is 0 Å². The average Bonchev–Trinajstić information content (AvgIpc) is 2.69. The largest absolute Gasteiger partial charge is 0.381 e. The van der Waals surface area contributed by atoms with Crippen molar-refractivity contribution in [3.63, 3.8) is 0 Å². The van der Waals surface area contributed by atoms with Gasteiger partial charge in [0, 0.05) is 38.3 Å². The van der Waals surface area contributed by atoms with Crippen molar-refractivity contribution < 1.29 is 28.6 Å². The SMILES string of the molecule is CCCCNC(=O)CCOCC(COCCC=O)COCCC(=O)NCCC. The second-order valence-electron chi connectivity index (χ2n) is 6.60. The van der Waals surface area contributed by atoms with Gasteiger partial charge in [-0.15, -0.1) is 0 Å². The van der Waals surface area contributed by atoms with Gasteiger partial charge in [-0.3, -0.25) is 9.59 Å². The van der Waals surface area contributed by atoms with Crippen LogP contribution >= 0.6 is 0 Å². The number of aldehydes is 1. The zero-order valence-electron chi connectivity index (χ0n) is 17.5. The molecule has 8 nitrogen and oxygen atoms in total. The Morgan fingerprint density at radius 3 is 1.86 bits per heavy atom. The highest BCUT2D eigenvalue weighted by Crippen LogP contribution is 2.02. The van der Waals surface area contributed by atoms with Gasteiger partial charge in [-0.2, -0.15) is 0 Å². The van der Waals surface area contributed by atoms with Crippen molar-refractivity contribution in [1.82, 2.24) is 10.6 Å². The Hall–Kier alpha value is -1.51. The van der Waals surface area contributed by atoms with Gasteiger partial charge < -0.3 is 29.6 Å². The van der Waals surface area contributed by atoms with Gasteiger partial charge in [-0.25, -0.2) is 0 Å². The van der Waals surface area contributed by atoms with Gasteiger partial charge in [0.1, 0.15) is 6.29 Å². The lowest BCUT2D eigenvalue weighted by atomic mass is 10.2. The Kier molecular flexibility index (Phi) is 19.1. The molecule has 0 aromatic rings. The standard InChI is InChI=1S/C20H38N2O6/c1-3-5-10-22-20(25)8-14-28-17-18(15-26-12-6-11-23)16-27-13-7-19(24)21-9-4-2/h11,18H,3-10,12-17H2,1-2H3,(H,21,24)(H,22,25). The van der Waals surface area contributed by atoms with E-state index in [0.29, 0.717) is 72.0 Å². The minimum absolute atomic E-state index is 0.0124. The third kappa shape index (κ3) is 17.9. The molecule has 0 rings (SSSR count). The molecule has 0 heterocycles. The number of hydrogen-bond acceptors (Lipinski definition) is 6. The summed E-state index contributed by atoms with van der Waals surface area (Å²) in [7, 11) is 0. The molecule has 28 heavy (non-hydrogen) atoms. The van der Waals surface area contributed by atoms with Gasteiger partial charge in [-0.1, -0.05) is 20.3 Å². The summed E-state index contributed by atoms with van der Waals surface area (Å²) in [6.07, 6.45) is 4.72. The van der Waals surface area contributed by atoms with E-state index in [0.717, 1.165) is 25.5 Å². The van der Waals surface area contributed by atoms with Crippen molar-refractivity contribution in [3.8, 4) is 0 Å². The maximum Gasteiger partial charge on any atom is 0.222 e. The van der Waals surface area contributed by atoms with Crippen LogP contribution in [0.5, 0.6) is 0 Å². The van der Waals surface area contributed by atoms with Crippen LogP contribution in [0.15, 0.2) is 0 Å². The number of carbonyl (C=O) groups excluding carboxylic acids is 3. The van der Waals surface area contributed by atoms with Crippen LogP contribution in [0.4, 0.5) is 0 Å². The lowest BCUT2D eigenvalue weighted by Crippen LogP contribution is -2.28. The summed E-state index contributed by atoms with van der Waals surface area (Å²) < 4.78 is 16.6. The van der Waals surface area contributed by atoms with E-state index in [1.807, 2.05) is 6.92 Å². The topological polar surface area (TPSA) is 103 Å². The highest BCUT2D eigenvalue weighted by Gasteiger charge is 2.11. The van der Waals surface area contributed by atoms with Crippen LogP contribution < -0.4 is 10.6 Å². The summed E-state index contributed by atoms with van der Waals surface area (Å²) in [4.78, 5) is 33.6. The number of carbonyl (C=O) groups is 3. The molecule has 0 aliphatic carbocycles. The molecular formula is C20H38N2O6. The minimum atomic E-state index is -0.0223. The molecule has 0 radical (unpaired) electrons. The molecule has 0 bridgehead atoms. The molecule has 0 aromatic carbocycles. The van der Waals surface area contributed by atoms with Crippen LogP contribution in [0.3, 0.4) is 0 Å². The van der Waals surface area contributed by atoms with Gasteiger partial charge in [-0.05, 0) is 12.8 Å². The number of amides is 2. The van der Waals surface area contributed by atoms with Gasteiger partial charge >= 0.3 is 0 Å². The molecule has 2 N–H and O–H groups in total. The van der Waals surface area contributed by atoms with Crippen LogP contribution in [-0.2, 0) is 28.6 Å². The Balaban J connectivity index is 3.99. The van der Waals surface area contributed by atoms with Crippen molar-refractivity contribution in [1.29, 1.82) is 0 Å². The zero-order valence-corrected chi connectivity index (χ0v) is 17.5. The number of rotatable bonds is 20. The molecule has 1 atom stereocenters. The molecule has 0 spiro atoms. The highest BCUT2D eigenvalue weighted by atomic mass is 16.5. The fraction of sp³-hybridized carbons (Fsp3) is 0.850. The van der Waals surface area contributed by atoms with E-state index in [9.17, 15) is 14.4 Å². The second kappa shape index (κ2) is 20.2. The van der Waals surface area contributed by atoms with E-state index in [1.54, 1.807) is 0 Å². The normalized spacial score (nSPS) is 11.8. The number of hydrogen-bond donors (Lipinski definition) is 2. The van der Waals surface area contributed by atoms with Crippen LogP contribution in [0.2, 0.25) is 0 Å². The molecule has 0 saturated heterocycles. The molecular weight excluding hydrogens is 364 g/mol. The zero-order chi connectivity index (χ0) is 20.9. The molecule has 1 unspecified atom stereocenters. The first-order valence-electron chi connectivity index (χ1n) is 10.3. The van der Waals surface area contributed by atoms with Gasteiger partial charge in [0.05, 0.1) is 39.6 Å². The Bertz CT molecular complexity index is 406. The number of unbranched alkanes of at least 4 members (excludes halogenated alkanes) is 1. The molecule has 0 aromatic heterocycles. The average molecular weight is 403 g/mol. The van der Waals surface area contributed by atoms with Gasteiger partial charge in [0.25, 0.3) is 0 Å². The summed E-state index contributed by atoms with van der Waals surface area (Å²) in [5, 5.41) is 5.65. The van der Waals surface area contributed by atoms with Crippen molar-refractivity contribution in [2.75, 3.05) is 52.7 Å². The lowest BCUT2D eigenvalue weighted by Gasteiger charge is -2.17. The predicted molar refractivity (Wildman–Crippen MR) is 107 cm³/mol. The smallest absolute Gasteiger partial charge is 0.222 e. The third-order valence-electron chi connectivity index (χ3n) is 3.81. The molecule has 0 fully saturated rings. The molecule has 0 aliphatic heterocycles. The van der Waals surface area contributed by atoms with E-state index in [4.69, 9.17) is 14.2 Å². The first kappa shape index (κ1) is 26.5. The quantitative estimate of drug-likeness (QED) is 0.236.